The molecule has 164 valence electrons. The number of hydrogen-bond acceptors (Lipinski definition) is 4. The molecule has 0 aliphatic rings. The zero-order valence-electron chi connectivity index (χ0n) is 19.0. The molecule has 0 fully saturated rings. The maximum Gasteiger partial charge on any atom is 1.00 e. The Balaban J connectivity index is 0. The van der Waals surface area contributed by atoms with Gasteiger partial charge in [-0.25, -0.2) is 8.42 Å². The van der Waals surface area contributed by atoms with Crippen LogP contribution < -0.4 is 51.4 Å². The van der Waals surface area contributed by atoms with Crippen molar-refractivity contribution < 1.29 is 69.5 Å². The number of aliphatic hydroxyl groups excluding tert-OH is 1. The molecule has 0 rings (SSSR count). The van der Waals surface area contributed by atoms with Crippen LogP contribution in [-0.2, 0) is 10.1 Å². The molecular weight excluding hydrogens is 399 g/mol. The van der Waals surface area contributed by atoms with Gasteiger partial charge in [-0.1, -0.05) is 104 Å². The average Bonchev–Trinajstić information content (AvgIpc) is 2.61. The van der Waals surface area contributed by atoms with Crippen molar-refractivity contribution in [2.24, 2.45) is 0 Å². The molecule has 1 N–H and O–H groups in total. The minimum atomic E-state index is -4.18. The Morgan fingerprint density at radius 3 is 1.39 bits per heavy atom. The summed E-state index contributed by atoms with van der Waals surface area (Å²) in [4.78, 5) is 0. The molecule has 0 spiro atoms. The third-order valence-corrected chi connectivity index (χ3v) is 6.78. The molecule has 0 saturated carbocycles. The van der Waals surface area contributed by atoms with Crippen LogP contribution in [0.2, 0.25) is 0 Å². The summed E-state index contributed by atoms with van der Waals surface area (Å²) in [6.07, 6.45) is 17.8. The van der Waals surface area contributed by atoms with Gasteiger partial charge >= 0.3 is 51.4 Å². The molecule has 0 heterocycles. The molecule has 0 aliphatic carbocycles. The molecule has 0 radical (unpaired) electrons. The van der Waals surface area contributed by atoms with Crippen LogP contribution in [0.3, 0.4) is 0 Å². The summed E-state index contributed by atoms with van der Waals surface area (Å²) in [7, 11) is -4.18. The van der Waals surface area contributed by atoms with E-state index in [0.29, 0.717) is 12.8 Å². The van der Waals surface area contributed by atoms with Crippen molar-refractivity contribution >= 4 is 10.1 Å². The second-order valence-corrected chi connectivity index (χ2v) is 9.82. The third kappa shape index (κ3) is 20.8. The van der Waals surface area contributed by atoms with Crippen LogP contribution in [0.5, 0.6) is 0 Å². The van der Waals surface area contributed by atoms with Crippen molar-refractivity contribution in [2.45, 2.75) is 141 Å². The second-order valence-electron chi connectivity index (χ2n) is 8.17. The molecule has 0 amide bonds. The van der Waals surface area contributed by atoms with Gasteiger partial charge < -0.3 is 9.66 Å². The van der Waals surface area contributed by atoms with E-state index in [0.717, 1.165) is 64.2 Å². The summed E-state index contributed by atoms with van der Waals surface area (Å²) in [6.45, 7) is 4.36. The summed E-state index contributed by atoms with van der Waals surface area (Å²) in [5.74, 6) is 0. The Morgan fingerprint density at radius 1 is 0.643 bits per heavy atom. The van der Waals surface area contributed by atoms with Crippen molar-refractivity contribution in [3.05, 3.63) is 0 Å². The van der Waals surface area contributed by atoms with Crippen LogP contribution in [0.1, 0.15) is 129 Å². The summed E-state index contributed by atoms with van der Waals surface area (Å²) >= 11 is 0. The Morgan fingerprint density at radius 2 is 0.964 bits per heavy atom. The van der Waals surface area contributed by atoms with Crippen LogP contribution in [0.15, 0.2) is 0 Å². The SMILES string of the molecule is CCCCCCCCCC(CCCCCCC(O)CCCCC)S(=O)(=O)[O-].[K+]. The van der Waals surface area contributed by atoms with Gasteiger partial charge in [0.2, 0.25) is 0 Å². The first-order valence-corrected chi connectivity index (χ1v) is 13.0. The zero-order valence-corrected chi connectivity index (χ0v) is 22.9. The van der Waals surface area contributed by atoms with E-state index < -0.39 is 15.4 Å². The van der Waals surface area contributed by atoms with E-state index in [1.165, 1.54) is 38.5 Å². The third-order valence-electron chi connectivity index (χ3n) is 5.49. The van der Waals surface area contributed by atoms with E-state index >= 15 is 0 Å². The summed E-state index contributed by atoms with van der Waals surface area (Å²) < 4.78 is 34.4. The van der Waals surface area contributed by atoms with Gasteiger partial charge in [0.05, 0.1) is 16.2 Å². The Labute approximate surface area is 218 Å². The second kappa shape index (κ2) is 21.7. The maximum atomic E-state index is 11.5. The number of unbranched alkanes of at least 4 members (excludes halogenated alkanes) is 11. The molecule has 28 heavy (non-hydrogen) atoms. The van der Waals surface area contributed by atoms with Gasteiger partial charge in [-0.15, -0.1) is 0 Å². The number of rotatable bonds is 20. The van der Waals surface area contributed by atoms with Gasteiger partial charge in [-0.2, -0.15) is 0 Å². The molecule has 0 aromatic carbocycles. The van der Waals surface area contributed by atoms with Crippen molar-refractivity contribution in [3.63, 3.8) is 0 Å². The predicted octanol–water partition coefficient (Wildman–Crippen LogP) is 3.33. The van der Waals surface area contributed by atoms with E-state index in [9.17, 15) is 18.1 Å². The fraction of sp³-hybridized carbons (Fsp3) is 1.00. The predicted molar refractivity (Wildman–Crippen MR) is 114 cm³/mol. The first-order valence-electron chi connectivity index (χ1n) is 11.5. The monoisotopic (exact) mass is 444 g/mol. The first kappa shape index (κ1) is 31.7. The van der Waals surface area contributed by atoms with Gasteiger partial charge in [0.1, 0.15) is 0 Å². The van der Waals surface area contributed by atoms with Crippen molar-refractivity contribution in [1.29, 1.82) is 0 Å². The first-order chi connectivity index (χ1) is 12.9. The fourth-order valence-corrected chi connectivity index (χ4v) is 4.55. The smallest absolute Gasteiger partial charge is 0.748 e. The molecule has 0 saturated heterocycles. The molecule has 6 heteroatoms. The van der Waals surface area contributed by atoms with Crippen molar-refractivity contribution in [1.82, 2.24) is 0 Å². The van der Waals surface area contributed by atoms with E-state index in [4.69, 9.17) is 0 Å². The van der Waals surface area contributed by atoms with Crippen LogP contribution in [0.25, 0.3) is 0 Å². The Hall–Kier alpha value is 1.51. The molecule has 0 aromatic rings. The molecular formula is C22H45KO4S. The van der Waals surface area contributed by atoms with Gasteiger partial charge in [0.25, 0.3) is 0 Å². The van der Waals surface area contributed by atoms with Crippen LogP contribution in [0, 0.1) is 0 Å². The van der Waals surface area contributed by atoms with Crippen LogP contribution in [0.4, 0.5) is 0 Å². The molecule has 0 aliphatic heterocycles. The molecule has 2 atom stereocenters. The van der Waals surface area contributed by atoms with Crippen molar-refractivity contribution in [3.8, 4) is 0 Å². The largest absolute Gasteiger partial charge is 1.00 e. The number of aliphatic hydroxyl groups is 1. The van der Waals surface area contributed by atoms with E-state index in [1.54, 1.807) is 0 Å². The van der Waals surface area contributed by atoms with Crippen LogP contribution >= 0.6 is 0 Å². The quantitative estimate of drug-likeness (QED) is 0.177. The van der Waals surface area contributed by atoms with E-state index in [2.05, 4.69) is 13.8 Å². The Bertz CT molecular complexity index is 415. The van der Waals surface area contributed by atoms with E-state index in [-0.39, 0.29) is 57.5 Å². The maximum absolute atomic E-state index is 11.5. The fourth-order valence-electron chi connectivity index (χ4n) is 3.64. The van der Waals surface area contributed by atoms with Gasteiger partial charge in [-0.3, -0.25) is 0 Å². The number of hydrogen-bond donors (Lipinski definition) is 1. The zero-order chi connectivity index (χ0) is 20.4. The summed E-state index contributed by atoms with van der Waals surface area (Å²) in [5, 5.41) is 9.19. The molecule has 2 unspecified atom stereocenters. The summed E-state index contributed by atoms with van der Waals surface area (Å²) in [6, 6.07) is 0. The van der Waals surface area contributed by atoms with Gasteiger partial charge in [-0.05, 0) is 25.7 Å². The summed E-state index contributed by atoms with van der Waals surface area (Å²) in [5.41, 5.74) is 0. The molecule has 0 bridgehead atoms. The molecule has 0 aromatic heterocycles. The topological polar surface area (TPSA) is 77.4 Å². The minimum Gasteiger partial charge on any atom is -0.748 e. The van der Waals surface area contributed by atoms with Gasteiger partial charge in [0, 0.05) is 5.25 Å². The standard InChI is InChI=1S/C22H46O4S.K/c1-3-5-7-8-9-10-15-19-22(27(24,25)26)20-16-12-11-14-18-21(23)17-13-6-4-2;/h21-23H,3-20H2,1-2H3,(H,24,25,26);/q;+1/p-1. The molecule has 4 nitrogen and oxygen atoms in total. The average molecular weight is 445 g/mol. The minimum absolute atomic E-state index is 0. The Kier molecular flexibility index (Phi) is 24.6. The van der Waals surface area contributed by atoms with Crippen LogP contribution in [-0.4, -0.2) is 29.4 Å². The van der Waals surface area contributed by atoms with E-state index in [1.807, 2.05) is 0 Å². The normalized spacial score (nSPS) is 13.9. The van der Waals surface area contributed by atoms with Gasteiger partial charge in [0.15, 0.2) is 0 Å². The van der Waals surface area contributed by atoms with Crippen molar-refractivity contribution in [2.75, 3.05) is 0 Å².